The van der Waals surface area contributed by atoms with Crippen LogP contribution >= 0.6 is 0 Å². The van der Waals surface area contributed by atoms with Gasteiger partial charge in [-0.3, -0.25) is 0 Å². The fourth-order valence-electron chi connectivity index (χ4n) is 3.09. The number of hydrogen-bond donors (Lipinski definition) is 0. The maximum atomic E-state index is 2.18. The third-order valence-corrected chi connectivity index (χ3v) is 4.69. The van der Waals surface area contributed by atoms with E-state index in [-0.39, 0.29) is 59.1 Å². The average Bonchev–Trinajstić information content (AvgIpc) is 2.78. The topological polar surface area (TPSA) is 0 Å². The molecule has 0 aromatic heterocycles. The second-order valence-electron chi connectivity index (χ2n) is 6.73. The summed E-state index contributed by atoms with van der Waals surface area (Å²) in [6, 6.07) is 38.1. The molecular formula is C28H24Na2. The first-order chi connectivity index (χ1) is 13.9. The maximum absolute atomic E-state index is 2.18. The van der Waals surface area contributed by atoms with Gasteiger partial charge in [-0.05, 0) is 33.4 Å². The van der Waals surface area contributed by atoms with Crippen molar-refractivity contribution >= 4 is 83.4 Å². The van der Waals surface area contributed by atoms with Crippen molar-refractivity contribution in [1.82, 2.24) is 0 Å². The molecule has 4 aromatic rings. The Morgan fingerprint density at radius 2 is 0.567 bits per heavy atom. The summed E-state index contributed by atoms with van der Waals surface area (Å²) in [4.78, 5) is 0. The van der Waals surface area contributed by atoms with Crippen molar-refractivity contribution in [2.75, 3.05) is 0 Å². The fraction of sp³-hybridized carbons (Fsp3) is 0. The van der Waals surface area contributed by atoms with Gasteiger partial charge in [-0.25, -0.2) is 0 Å². The molecule has 0 aliphatic carbocycles. The Labute approximate surface area is 224 Å². The summed E-state index contributed by atoms with van der Waals surface area (Å²) in [7, 11) is 0. The van der Waals surface area contributed by atoms with Crippen LogP contribution in [0.25, 0.3) is 35.4 Å². The van der Waals surface area contributed by atoms with E-state index < -0.39 is 0 Å². The monoisotopic (exact) mass is 406 g/mol. The van der Waals surface area contributed by atoms with Crippen LogP contribution in [0.5, 0.6) is 0 Å². The van der Waals surface area contributed by atoms with Crippen LogP contribution in [0.1, 0.15) is 22.3 Å². The molecule has 0 atom stereocenters. The van der Waals surface area contributed by atoms with E-state index in [4.69, 9.17) is 0 Å². The molecule has 4 rings (SSSR count). The third-order valence-electron chi connectivity index (χ3n) is 4.69. The molecule has 4 aromatic carbocycles. The fourth-order valence-corrected chi connectivity index (χ4v) is 3.09. The predicted octanol–water partition coefficient (Wildman–Crippen LogP) is 6.40. The van der Waals surface area contributed by atoms with Crippen molar-refractivity contribution in [3.05, 3.63) is 131 Å². The summed E-state index contributed by atoms with van der Waals surface area (Å²) in [5.41, 5.74) is 7.30. The van der Waals surface area contributed by atoms with Gasteiger partial charge >= 0.3 is 59.1 Å². The molecule has 0 nitrogen and oxygen atoms in total. The zero-order valence-corrected chi connectivity index (χ0v) is 15.7. The van der Waals surface area contributed by atoms with Gasteiger partial charge in [0.2, 0.25) is 0 Å². The molecule has 0 aliphatic heterocycles. The second-order valence-corrected chi connectivity index (χ2v) is 6.73. The zero-order valence-electron chi connectivity index (χ0n) is 15.7. The molecule has 138 valence electrons. The molecule has 0 spiro atoms. The Bertz CT molecular complexity index is 972. The van der Waals surface area contributed by atoms with Gasteiger partial charge in [0, 0.05) is 0 Å². The molecule has 0 N–H and O–H groups in total. The van der Waals surface area contributed by atoms with Crippen LogP contribution in [0.3, 0.4) is 0 Å². The minimum absolute atomic E-state index is 0. The summed E-state index contributed by atoms with van der Waals surface area (Å²) in [6.45, 7) is 0. The average molecular weight is 406 g/mol. The molecule has 0 saturated carbocycles. The Kier molecular flexibility index (Phi) is 10.6. The molecule has 0 amide bonds. The Morgan fingerprint density at radius 1 is 0.300 bits per heavy atom. The van der Waals surface area contributed by atoms with Gasteiger partial charge in [0.05, 0.1) is 0 Å². The first-order valence-electron chi connectivity index (χ1n) is 9.54. The molecule has 0 fully saturated rings. The van der Waals surface area contributed by atoms with Crippen molar-refractivity contribution in [3.8, 4) is 11.1 Å². The molecule has 0 heterocycles. The standard InChI is InChI=1S/C28H22.2Na.2H/c1-3-7-23(8-4-1)11-13-25-15-19-27(20-16-25)28-21-17-26(18-22-28)14-12-24-9-5-2-6-10-24;;;;/h1-22H;;;;. The van der Waals surface area contributed by atoms with Crippen molar-refractivity contribution in [1.29, 1.82) is 0 Å². The molecular weight excluding hydrogens is 382 g/mol. The van der Waals surface area contributed by atoms with Gasteiger partial charge in [0.25, 0.3) is 0 Å². The summed E-state index contributed by atoms with van der Waals surface area (Å²) >= 11 is 0. The van der Waals surface area contributed by atoms with E-state index in [2.05, 4.69) is 121 Å². The SMILES string of the molecule is C(=Cc1ccc(-c2ccc(C=Cc3ccccc3)cc2)cc1)c1ccccc1.[NaH].[NaH]. The summed E-state index contributed by atoms with van der Waals surface area (Å²) in [5, 5.41) is 0. The van der Waals surface area contributed by atoms with Crippen LogP contribution in [0.2, 0.25) is 0 Å². The van der Waals surface area contributed by atoms with Crippen molar-refractivity contribution < 1.29 is 0 Å². The molecule has 0 saturated heterocycles. The Hall–Kier alpha value is -1.64. The van der Waals surface area contributed by atoms with Crippen LogP contribution in [0, 0.1) is 0 Å². The molecule has 2 heteroatoms. The van der Waals surface area contributed by atoms with Gasteiger partial charge in [-0.1, -0.05) is 133 Å². The van der Waals surface area contributed by atoms with Gasteiger partial charge in [0.15, 0.2) is 0 Å². The van der Waals surface area contributed by atoms with Crippen LogP contribution < -0.4 is 0 Å². The molecule has 0 aliphatic rings. The van der Waals surface area contributed by atoms with Gasteiger partial charge in [-0.2, -0.15) is 0 Å². The first kappa shape index (κ1) is 24.6. The molecule has 0 bridgehead atoms. The van der Waals surface area contributed by atoms with E-state index in [0.29, 0.717) is 0 Å². The van der Waals surface area contributed by atoms with E-state index in [9.17, 15) is 0 Å². The molecule has 0 radical (unpaired) electrons. The van der Waals surface area contributed by atoms with Crippen LogP contribution in [-0.2, 0) is 0 Å². The minimum atomic E-state index is 0. The normalized spacial score (nSPS) is 10.5. The van der Waals surface area contributed by atoms with Crippen LogP contribution in [0.4, 0.5) is 0 Å². The quantitative estimate of drug-likeness (QED) is 0.266. The number of hydrogen-bond acceptors (Lipinski definition) is 0. The van der Waals surface area contributed by atoms with E-state index >= 15 is 0 Å². The predicted molar refractivity (Wildman–Crippen MR) is 137 cm³/mol. The summed E-state index contributed by atoms with van der Waals surface area (Å²) in [6.07, 6.45) is 8.58. The van der Waals surface area contributed by atoms with E-state index in [1.54, 1.807) is 0 Å². The van der Waals surface area contributed by atoms with Crippen LogP contribution in [0.15, 0.2) is 109 Å². The van der Waals surface area contributed by atoms with Gasteiger partial charge < -0.3 is 0 Å². The molecule has 0 unspecified atom stereocenters. The van der Waals surface area contributed by atoms with E-state index in [1.165, 1.54) is 33.4 Å². The van der Waals surface area contributed by atoms with E-state index in [0.717, 1.165) is 0 Å². The summed E-state index contributed by atoms with van der Waals surface area (Å²) in [5.74, 6) is 0. The Balaban J connectivity index is 0.00000160. The summed E-state index contributed by atoms with van der Waals surface area (Å²) < 4.78 is 0. The van der Waals surface area contributed by atoms with Crippen molar-refractivity contribution in [2.24, 2.45) is 0 Å². The van der Waals surface area contributed by atoms with Crippen LogP contribution in [-0.4, -0.2) is 59.1 Å². The van der Waals surface area contributed by atoms with Crippen molar-refractivity contribution in [3.63, 3.8) is 0 Å². The number of benzene rings is 4. The zero-order chi connectivity index (χ0) is 19.0. The molecule has 30 heavy (non-hydrogen) atoms. The van der Waals surface area contributed by atoms with Crippen molar-refractivity contribution in [2.45, 2.75) is 0 Å². The third kappa shape index (κ3) is 7.25. The van der Waals surface area contributed by atoms with Gasteiger partial charge in [0.1, 0.15) is 0 Å². The second kappa shape index (κ2) is 12.9. The Morgan fingerprint density at radius 3 is 0.867 bits per heavy atom. The number of rotatable bonds is 5. The van der Waals surface area contributed by atoms with E-state index in [1.807, 2.05) is 12.1 Å². The van der Waals surface area contributed by atoms with Gasteiger partial charge in [-0.15, -0.1) is 0 Å². The first-order valence-corrected chi connectivity index (χ1v) is 9.54.